The van der Waals surface area contributed by atoms with E-state index in [0.29, 0.717) is 0 Å². The van der Waals surface area contributed by atoms with Crippen LogP contribution in [0.15, 0.2) is 44.0 Å². The molecule has 0 bridgehead atoms. The van der Waals surface area contributed by atoms with Crippen molar-refractivity contribution in [1.29, 1.82) is 0 Å². The van der Waals surface area contributed by atoms with E-state index in [1.54, 1.807) is 0 Å². The first kappa shape index (κ1) is 15.2. The zero-order valence-corrected chi connectivity index (χ0v) is 9.72. The lowest BCUT2D eigenvalue weighted by atomic mass is 10.1. The second-order valence-corrected chi connectivity index (χ2v) is 2.26. The van der Waals surface area contributed by atoms with E-state index in [4.69, 9.17) is 0 Å². The van der Waals surface area contributed by atoms with Crippen molar-refractivity contribution >= 4 is 6.08 Å². The van der Waals surface area contributed by atoms with Crippen LogP contribution in [0.25, 0.3) is 6.08 Å². The highest BCUT2D eigenvalue weighted by atomic mass is 14.0. The first-order valence-corrected chi connectivity index (χ1v) is 5.08. The van der Waals surface area contributed by atoms with Crippen molar-refractivity contribution in [3.05, 3.63) is 55.1 Å². The summed E-state index contributed by atoms with van der Waals surface area (Å²) in [7, 11) is 0. The number of hydrogen-bond acceptors (Lipinski definition) is 0. The zero-order chi connectivity index (χ0) is 11.4. The monoisotopic (exact) mass is 190 g/mol. The molecule has 0 saturated carbocycles. The quantitative estimate of drug-likeness (QED) is 0.592. The van der Waals surface area contributed by atoms with Crippen molar-refractivity contribution in [2.24, 2.45) is 0 Å². The minimum atomic E-state index is 1.09. The second-order valence-electron chi connectivity index (χ2n) is 2.26. The molecule has 0 heteroatoms. The lowest BCUT2D eigenvalue weighted by Gasteiger charge is -1.99. The lowest BCUT2D eigenvalue weighted by molar-refractivity contribution is 1.13. The van der Waals surface area contributed by atoms with E-state index >= 15 is 0 Å². The maximum atomic E-state index is 3.74. The Labute approximate surface area is 89.0 Å². The molecule has 0 aliphatic carbocycles. The third-order valence-corrected chi connectivity index (χ3v) is 1.66. The fourth-order valence-corrected chi connectivity index (χ4v) is 1.06. The molecule has 0 heterocycles. The van der Waals surface area contributed by atoms with E-state index in [-0.39, 0.29) is 0 Å². The second kappa shape index (κ2) is 11.7. The molecule has 0 spiro atoms. The molecule has 14 heavy (non-hydrogen) atoms. The molecular weight excluding hydrogens is 168 g/mol. The highest BCUT2D eigenvalue weighted by Crippen LogP contribution is 2.09. The third-order valence-electron chi connectivity index (χ3n) is 1.66. The summed E-state index contributed by atoms with van der Waals surface area (Å²) in [5, 5.41) is 0. The van der Waals surface area contributed by atoms with Crippen LogP contribution in [0.3, 0.4) is 0 Å². The Morgan fingerprint density at radius 1 is 1.14 bits per heavy atom. The molecule has 0 amide bonds. The van der Waals surface area contributed by atoms with Gasteiger partial charge >= 0.3 is 0 Å². The summed E-state index contributed by atoms with van der Waals surface area (Å²) in [6.45, 7) is 15.9. The highest BCUT2D eigenvalue weighted by molar-refractivity contribution is 5.51. The van der Waals surface area contributed by atoms with Crippen molar-refractivity contribution in [2.75, 3.05) is 0 Å². The summed E-state index contributed by atoms with van der Waals surface area (Å²) >= 11 is 0. The van der Waals surface area contributed by atoms with Crippen molar-refractivity contribution in [2.45, 2.75) is 27.2 Å². The van der Waals surface area contributed by atoms with Crippen LogP contribution in [0.2, 0.25) is 0 Å². The van der Waals surface area contributed by atoms with Gasteiger partial charge in [0.25, 0.3) is 0 Å². The Kier molecular flexibility index (Phi) is 12.7. The molecule has 1 rings (SSSR count). The molecule has 0 unspecified atom stereocenters. The fraction of sp³-hybridized carbons (Fsp3) is 0.286. The van der Waals surface area contributed by atoms with Crippen molar-refractivity contribution in [3.8, 4) is 0 Å². The van der Waals surface area contributed by atoms with Crippen LogP contribution in [-0.2, 0) is 6.42 Å². The number of benzene rings is 1. The van der Waals surface area contributed by atoms with Crippen molar-refractivity contribution in [3.63, 3.8) is 0 Å². The predicted octanol–water partition coefficient (Wildman–Crippen LogP) is 4.72. The van der Waals surface area contributed by atoms with Gasteiger partial charge in [0, 0.05) is 0 Å². The SMILES string of the molecule is C=C.C=Cc1ccccc1CC.CC. The maximum Gasteiger partial charge on any atom is -0.0231 e. The molecule has 0 saturated heterocycles. The normalized spacial score (nSPS) is 7.36. The first-order chi connectivity index (χ1) is 6.88. The Balaban J connectivity index is 0. The maximum absolute atomic E-state index is 3.74. The molecule has 78 valence electrons. The zero-order valence-electron chi connectivity index (χ0n) is 9.72. The van der Waals surface area contributed by atoms with Gasteiger partial charge in [-0.1, -0.05) is 57.7 Å². The smallest absolute Gasteiger partial charge is 0.0231 e. The Morgan fingerprint density at radius 2 is 1.64 bits per heavy atom. The number of rotatable bonds is 2. The van der Waals surface area contributed by atoms with Crippen LogP contribution in [-0.4, -0.2) is 0 Å². The molecule has 0 aromatic heterocycles. The number of aryl methyl sites for hydroxylation is 1. The number of hydrogen-bond donors (Lipinski definition) is 0. The molecule has 0 nitrogen and oxygen atoms in total. The van der Waals surface area contributed by atoms with Gasteiger partial charge in [0.15, 0.2) is 0 Å². The van der Waals surface area contributed by atoms with Crippen molar-refractivity contribution in [1.82, 2.24) is 0 Å². The van der Waals surface area contributed by atoms with Crippen LogP contribution in [0.1, 0.15) is 31.9 Å². The van der Waals surface area contributed by atoms with Gasteiger partial charge in [0.05, 0.1) is 0 Å². The molecule has 0 atom stereocenters. The minimum absolute atomic E-state index is 1.09. The van der Waals surface area contributed by atoms with E-state index < -0.39 is 0 Å². The van der Waals surface area contributed by atoms with Gasteiger partial charge in [-0.2, -0.15) is 0 Å². The first-order valence-electron chi connectivity index (χ1n) is 5.08. The van der Waals surface area contributed by atoms with Crippen LogP contribution >= 0.6 is 0 Å². The lowest BCUT2D eigenvalue weighted by Crippen LogP contribution is -1.83. The van der Waals surface area contributed by atoms with Crippen LogP contribution in [0.5, 0.6) is 0 Å². The summed E-state index contributed by atoms with van der Waals surface area (Å²) in [4.78, 5) is 0. The van der Waals surface area contributed by atoms with Gasteiger partial charge in [-0.15, -0.1) is 13.2 Å². The summed E-state index contributed by atoms with van der Waals surface area (Å²) in [5.41, 5.74) is 2.63. The van der Waals surface area contributed by atoms with E-state index in [1.807, 2.05) is 26.0 Å². The molecule has 0 aliphatic rings. The van der Waals surface area contributed by atoms with Crippen LogP contribution < -0.4 is 0 Å². The average Bonchev–Trinajstić information content (AvgIpc) is 2.34. The van der Waals surface area contributed by atoms with Gasteiger partial charge in [-0.3, -0.25) is 0 Å². The van der Waals surface area contributed by atoms with Gasteiger partial charge in [0.2, 0.25) is 0 Å². The molecule has 0 radical (unpaired) electrons. The van der Waals surface area contributed by atoms with E-state index in [1.165, 1.54) is 11.1 Å². The molecular formula is C14H22. The van der Waals surface area contributed by atoms with E-state index in [9.17, 15) is 0 Å². The Bertz CT molecular complexity index is 236. The van der Waals surface area contributed by atoms with Crippen molar-refractivity contribution < 1.29 is 0 Å². The van der Waals surface area contributed by atoms with Crippen LogP contribution in [0, 0.1) is 0 Å². The summed E-state index contributed by atoms with van der Waals surface area (Å²) in [6.07, 6.45) is 2.99. The van der Waals surface area contributed by atoms with E-state index in [2.05, 4.69) is 44.9 Å². The molecule has 1 aromatic rings. The molecule has 1 aromatic carbocycles. The van der Waals surface area contributed by atoms with Gasteiger partial charge in [-0.25, -0.2) is 0 Å². The average molecular weight is 190 g/mol. The largest absolute Gasteiger partial charge is 0.106 e. The molecule has 0 fully saturated rings. The van der Waals surface area contributed by atoms with Gasteiger partial charge in [0.1, 0.15) is 0 Å². The predicted molar refractivity (Wildman–Crippen MR) is 68.5 cm³/mol. The Hall–Kier alpha value is -1.30. The third kappa shape index (κ3) is 5.36. The minimum Gasteiger partial charge on any atom is -0.106 e. The Morgan fingerprint density at radius 3 is 2.00 bits per heavy atom. The molecule has 0 aliphatic heterocycles. The standard InChI is InChI=1S/C10H12.C2H6.C2H4/c1-3-9-7-5-6-8-10(9)4-2;2*1-2/h3,5-8H,1,4H2,2H3;1-2H3;1-2H2. The van der Waals surface area contributed by atoms with Crippen LogP contribution in [0.4, 0.5) is 0 Å². The van der Waals surface area contributed by atoms with Gasteiger partial charge < -0.3 is 0 Å². The fourth-order valence-electron chi connectivity index (χ4n) is 1.06. The van der Waals surface area contributed by atoms with Gasteiger partial charge in [-0.05, 0) is 17.5 Å². The van der Waals surface area contributed by atoms with E-state index in [0.717, 1.165) is 6.42 Å². The molecule has 0 N–H and O–H groups in total. The summed E-state index contributed by atoms with van der Waals surface area (Å²) in [6, 6.07) is 8.32. The highest BCUT2D eigenvalue weighted by Gasteiger charge is 1.91. The summed E-state index contributed by atoms with van der Waals surface area (Å²) < 4.78 is 0. The topological polar surface area (TPSA) is 0 Å². The summed E-state index contributed by atoms with van der Waals surface area (Å²) in [5.74, 6) is 0.